The number of nitrogens with zero attached hydrogens (tertiary/aromatic N) is 2. The number of halogens is 1. The first-order chi connectivity index (χ1) is 7.75. The first kappa shape index (κ1) is 11.2. The highest BCUT2D eigenvalue weighted by molar-refractivity contribution is 6.30. The molecule has 2 heterocycles. The Morgan fingerprint density at radius 3 is 3.12 bits per heavy atom. The molecule has 0 bridgehead atoms. The summed E-state index contributed by atoms with van der Waals surface area (Å²) in [4.78, 5) is 0. The number of nitrogens with one attached hydrogen (secondary N) is 1. The molecule has 16 heavy (non-hydrogen) atoms. The van der Waals surface area contributed by atoms with Gasteiger partial charge < -0.3 is 9.73 Å². The van der Waals surface area contributed by atoms with E-state index >= 15 is 0 Å². The summed E-state index contributed by atoms with van der Waals surface area (Å²) in [5.74, 6) is 0.936. The van der Waals surface area contributed by atoms with Crippen molar-refractivity contribution in [2.24, 2.45) is 0 Å². The van der Waals surface area contributed by atoms with Crippen molar-refractivity contribution in [1.82, 2.24) is 15.1 Å². The van der Waals surface area contributed by atoms with E-state index in [1.54, 1.807) is 12.5 Å². The third-order valence-corrected chi connectivity index (χ3v) is 2.54. The monoisotopic (exact) mass is 239 g/mol. The molecule has 1 unspecified atom stereocenters. The lowest BCUT2D eigenvalue weighted by atomic mass is 10.3. The molecule has 2 rings (SSSR count). The van der Waals surface area contributed by atoms with Crippen LogP contribution in [0.15, 0.2) is 35.2 Å². The molecule has 0 aliphatic heterocycles. The van der Waals surface area contributed by atoms with Gasteiger partial charge in [-0.05, 0) is 19.1 Å². The molecule has 0 radical (unpaired) electrons. The van der Waals surface area contributed by atoms with Gasteiger partial charge >= 0.3 is 0 Å². The number of furan rings is 1. The summed E-state index contributed by atoms with van der Waals surface area (Å²) in [6.07, 6.45) is 5.14. The van der Waals surface area contributed by atoms with E-state index in [0.717, 1.165) is 18.8 Å². The van der Waals surface area contributed by atoms with Gasteiger partial charge in [-0.25, -0.2) is 0 Å². The van der Waals surface area contributed by atoms with Crippen LogP contribution in [-0.4, -0.2) is 16.3 Å². The lowest BCUT2D eigenvalue weighted by Crippen LogP contribution is -2.23. The Morgan fingerprint density at radius 2 is 2.50 bits per heavy atom. The molecule has 0 aliphatic carbocycles. The Hall–Kier alpha value is -1.26. The fourth-order valence-corrected chi connectivity index (χ4v) is 1.61. The van der Waals surface area contributed by atoms with Gasteiger partial charge in [0.05, 0.1) is 30.1 Å². The fraction of sp³-hybridized carbons (Fsp3) is 0.364. The fourth-order valence-electron chi connectivity index (χ4n) is 1.47. The lowest BCUT2D eigenvalue weighted by molar-refractivity contribution is 0.427. The minimum Gasteiger partial charge on any atom is -0.468 e. The minimum absolute atomic E-state index is 0.266. The Balaban J connectivity index is 1.78. The van der Waals surface area contributed by atoms with Crippen molar-refractivity contribution in [2.45, 2.75) is 19.5 Å². The highest BCUT2D eigenvalue weighted by Gasteiger charge is 2.05. The van der Waals surface area contributed by atoms with E-state index in [9.17, 15) is 0 Å². The predicted octanol–water partition coefficient (Wildman–Crippen LogP) is 2.48. The predicted molar refractivity (Wildman–Crippen MR) is 62.4 cm³/mol. The van der Waals surface area contributed by atoms with Crippen molar-refractivity contribution in [2.75, 3.05) is 6.54 Å². The zero-order valence-corrected chi connectivity index (χ0v) is 9.81. The summed E-state index contributed by atoms with van der Waals surface area (Å²) < 4.78 is 7.06. The maximum Gasteiger partial charge on any atom is 0.117 e. The van der Waals surface area contributed by atoms with E-state index in [0.29, 0.717) is 5.02 Å². The van der Waals surface area contributed by atoms with Crippen LogP contribution >= 0.6 is 11.6 Å². The van der Waals surface area contributed by atoms with E-state index in [4.69, 9.17) is 16.0 Å². The van der Waals surface area contributed by atoms with Crippen LogP contribution in [-0.2, 0) is 6.54 Å². The van der Waals surface area contributed by atoms with Crippen molar-refractivity contribution in [3.05, 3.63) is 41.6 Å². The number of hydrogen-bond donors (Lipinski definition) is 1. The SMILES string of the molecule is CC(CNCc1ccco1)n1cc(Cl)cn1. The smallest absolute Gasteiger partial charge is 0.117 e. The second-order valence-corrected chi connectivity index (χ2v) is 4.13. The van der Waals surface area contributed by atoms with Crippen LogP contribution in [0.3, 0.4) is 0 Å². The van der Waals surface area contributed by atoms with Crippen LogP contribution in [0.25, 0.3) is 0 Å². The van der Waals surface area contributed by atoms with Gasteiger partial charge in [0.25, 0.3) is 0 Å². The molecule has 86 valence electrons. The molecule has 1 atom stereocenters. The van der Waals surface area contributed by atoms with E-state index in [2.05, 4.69) is 17.3 Å². The normalized spacial score (nSPS) is 12.9. The Morgan fingerprint density at radius 1 is 1.62 bits per heavy atom. The number of aromatic nitrogens is 2. The van der Waals surface area contributed by atoms with Crippen molar-refractivity contribution in [3.63, 3.8) is 0 Å². The van der Waals surface area contributed by atoms with Gasteiger partial charge in [-0.1, -0.05) is 11.6 Å². The van der Waals surface area contributed by atoms with Crippen LogP contribution in [0, 0.1) is 0 Å². The van der Waals surface area contributed by atoms with E-state index in [1.807, 2.05) is 23.0 Å². The van der Waals surface area contributed by atoms with Gasteiger partial charge in [-0.2, -0.15) is 5.10 Å². The molecule has 4 nitrogen and oxygen atoms in total. The van der Waals surface area contributed by atoms with Crippen LogP contribution in [0.2, 0.25) is 5.02 Å². The molecule has 0 amide bonds. The average Bonchev–Trinajstić information content (AvgIpc) is 2.89. The first-order valence-corrected chi connectivity index (χ1v) is 5.56. The standard InChI is InChI=1S/C11H14ClN3O/c1-9(15-8-10(12)6-14-15)5-13-7-11-3-2-4-16-11/h2-4,6,8-9,13H,5,7H2,1H3. The second kappa shape index (κ2) is 5.18. The van der Waals surface area contributed by atoms with Crippen LogP contribution in [0.5, 0.6) is 0 Å². The molecule has 0 spiro atoms. The zero-order valence-electron chi connectivity index (χ0n) is 9.06. The van der Waals surface area contributed by atoms with Gasteiger partial charge in [-0.3, -0.25) is 4.68 Å². The first-order valence-electron chi connectivity index (χ1n) is 5.18. The van der Waals surface area contributed by atoms with E-state index in [1.165, 1.54) is 0 Å². The Bertz CT molecular complexity index is 424. The molecule has 0 saturated heterocycles. The Labute approximate surface area is 99.2 Å². The van der Waals surface area contributed by atoms with Gasteiger partial charge in [0.1, 0.15) is 5.76 Å². The van der Waals surface area contributed by atoms with Crippen molar-refractivity contribution in [3.8, 4) is 0 Å². The summed E-state index contributed by atoms with van der Waals surface area (Å²) >= 11 is 5.80. The minimum atomic E-state index is 0.266. The summed E-state index contributed by atoms with van der Waals surface area (Å²) in [6, 6.07) is 4.10. The van der Waals surface area contributed by atoms with Crippen LogP contribution in [0.4, 0.5) is 0 Å². The second-order valence-electron chi connectivity index (χ2n) is 3.70. The van der Waals surface area contributed by atoms with Gasteiger partial charge in [-0.15, -0.1) is 0 Å². The lowest BCUT2D eigenvalue weighted by Gasteiger charge is -2.12. The summed E-state index contributed by atoms with van der Waals surface area (Å²) in [6.45, 7) is 3.63. The molecule has 0 saturated carbocycles. The largest absolute Gasteiger partial charge is 0.468 e. The molecular formula is C11H14ClN3O. The van der Waals surface area contributed by atoms with Crippen LogP contribution in [0.1, 0.15) is 18.7 Å². The van der Waals surface area contributed by atoms with Crippen molar-refractivity contribution in [1.29, 1.82) is 0 Å². The summed E-state index contributed by atoms with van der Waals surface area (Å²) in [5, 5.41) is 8.11. The maximum atomic E-state index is 5.80. The number of hydrogen-bond acceptors (Lipinski definition) is 3. The van der Waals surface area contributed by atoms with E-state index in [-0.39, 0.29) is 6.04 Å². The van der Waals surface area contributed by atoms with Gasteiger partial charge in [0.2, 0.25) is 0 Å². The third kappa shape index (κ3) is 2.87. The van der Waals surface area contributed by atoms with Gasteiger partial charge in [0, 0.05) is 12.7 Å². The quantitative estimate of drug-likeness (QED) is 0.872. The molecule has 0 aliphatic rings. The third-order valence-electron chi connectivity index (χ3n) is 2.34. The van der Waals surface area contributed by atoms with Crippen molar-refractivity contribution < 1.29 is 4.42 Å². The zero-order chi connectivity index (χ0) is 11.4. The summed E-state index contributed by atoms with van der Waals surface area (Å²) in [7, 11) is 0. The van der Waals surface area contributed by atoms with Gasteiger partial charge in [0.15, 0.2) is 0 Å². The number of rotatable bonds is 5. The molecular weight excluding hydrogens is 226 g/mol. The summed E-state index contributed by atoms with van der Waals surface area (Å²) in [5.41, 5.74) is 0. The molecule has 5 heteroatoms. The molecule has 2 aromatic rings. The molecule has 1 N–H and O–H groups in total. The maximum absolute atomic E-state index is 5.80. The highest BCUT2D eigenvalue weighted by atomic mass is 35.5. The molecule has 0 fully saturated rings. The molecule has 2 aromatic heterocycles. The van der Waals surface area contributed by atoms with Crippen LogP contribution < -0.4 is 5.32 Å². The van der Waals surface area contributed by atoms with E-state index < -0.39 is 0 Å². The topological polar surface area (TPSA) is 43.0 Å². The highest BCUT2D eigenvalue weighted by Crippen LogP contribution is 2.10. The van der Waals surface area contributed by atoms with Crippen molar-refractivity contribution >= 4 is 11.6 Å². The molecule has 0 aromatic carbocycles. The Kier molecular flexibility index (Phi) is 3.64. The average molecular weight is 240 g/mol.